The number of ketones is 1. The summed E-state index contributed by atoms with van der Waals surface area (Å²) < 4.78 is 0. The van der Waals surface area contributed by atoms with Gasteiger partial charge in [0.2, 0.25) is 0 Å². The number of anilines is 1. The van der Waals surface area contributed by atoms with Crippen LogP contribution in [0.2, 0.25) is 0 Å². The lowest BCUT2D eigenvalue weighted by Crippen LogP contribution is -2.24. The molecule has 1 aliphatic rings. The number of rotatable bonds is 3. The van der Waals surface area contributed by atoms with Gasteiger partial charge in [0.25, 0.3) is 11.7 Å². The van der Waals surface area contributed by atoms with Gasteiger partial charge < -0.3 is 4.90 Å². The third kappa shape index (κ3) is 2.25. The number of hydrogen-bond acceptors (Lipinski definition) is 3. The van der Waals surface area contributed by atoms with Crippen molar-refractivity contribution in [3.8, 4) is 0 Å². The molecule has 0 spiro atoms. The van der Waals surface area contributed by atoms with E-state index in [0.717, 1.165) is 11.1 Å². The smallest absolute Gasteiger partial charge is 0.299 e. The largest absolute Gasteiger partial charge is 0.308 e. The van der Waals surface area contributed by atoms with E-state index in [1.54, 1.807) is 31.5 Å². The summed E-state index contributed by atoms with van der Waals surface area (Å²) in [5.41, 5.74) is 3.01. The number of hydrogen-bond donors (Lipinski definition) is 0. The number of nitrogens with zero attached hydrogens (tertiary/aromatic N) is 2. The number of carbonyl (C=O) groups excluding carboxylic acids is 2. The molecule has 1 aromatic rings. The maximum atomic E-state index is 11.8. The molecule has 0 saturated heterocycles. The highest BCUT2D eigenvalue weighted by atomic mass is 16.2. The number of benzene rings is 1. The summed E-state index contributed by atoms with van der Waals surface area (Å²) in [5.74, 6) is -0.931. The van der Waals surface area contributed by atoms with Gasteiger partial charge in [-0.25, -0.2) is 0 Å². The lowest BCUT2D eigenvalue weighted by molar-refractivity contribution is -0.114. The van der Waals surface area contributed by atoms with Crippen LogP contribution < -0.4 is 4.90 Å². The quantitative estimate of drug-likeness (QED) is 0.472. The van der Waals surface area contributed by atoms with Crippen molar-refractivity contribution < 1.29 is 9.59 Å². The number of allylic oxidation sites excluding steroid dienone is 3. The van der Waals surface area contributed by atoms with Gasteiger partial charge in [-0.15, -0.1) is 0 Å². The SMILES string of the molecule is C=N/C=C\C=C(/C)c1ccc2c(c1)C(=O)C(=O)N2C. The van der Waals surface area contributed by atoms with Gasteiger partial charge in [-0.3, -0.25) is 14.6 Å². The van der Waals surface area contributed by atoms with Gasteiger partial charge in [-0.1, -0.05) is 12.1 Å². The Morgan fingerprint density at radius 2 is 2.11 bits per heavy atom. The molecule has 1 aliphatic heterocycles. The van der Waals surface area contributed by atoms with E-state index in [0.29, 0.717) is 11.3 Å². The van der Waals surface area contributed by atoms with Crippen LogP contribution in [0.3, 0.4) is 0 Å². The fourth-order valence-corrected chi connectivity index (χ4v) is 1.98. The maximum absolute atomic E-state index is 11.8. The highest BCUT2D eigenvalue weighted by Gasteiger charge is 2.33. The van der Waals surface area contributed by atoms with E-state index in [4.69, 9.17) is 0 Å². The van der Waals surface area contributed by atoms with Gasteiger partial charge in [-0.2, -0.15) is 0 Å². The van der Waals surface area contributed by atoms with Crippen molar-refractivity contribution in [3.63, 3.8) is 0 Å². The number of amides is 1. The first-order valence-corrected chi connectivity index (χ1v) is 5.82. The van der Waals surface area contributed by atoms with Crippen LogP contribution in [0.5, 0.6) is 0 Å². The Morgan fingerprint density at radius 1 is 1.37 bits per heavy atom. The molecule has 0 saturated carbocycles. The number of likely N-dealkylation sites (N-methyl/N-ethyl adjacent to an activating group) is 1. The molecule has 0 bridgehead atoms. The van der Waals surface area contributed by atoms with E-state index in [1.165, 1.54) is 4.90 Å². The van der Waals surface area contributed by atoms with Gasteiger partial charge in [0, 0.05) is 13.2 Å². The second-order valence-corrected chi connectivity index (χ2v) is 4.30. The van der Waals surface area contributed by atoms with Crippen LogP contribution in [0, 0.1) is 0 Å². The first kappa shape index (κ1) is 13.0. The van der Waals surface area contributed by atoms with Crippen LogP contribution in [0.1, 0.15) is 22.8 Å². The molecule has 4 nitrogen and oxygen atoms in total. The highest BCUT2D eigenvalue weighted by molar-refractivity contribution is 6.52. The molecule has 19 heavy (non-hydrogen) atoms. The fraction of sp³-hybridized carbons (Fsp3) is 0.133. The summed E-state index contributed by atoms with van der Waals surface area (Å²) in [6.07, 6.45) is 5.23. The van der Waals surface area contributed by atoms with Crippen LogP contribution in [0.4, 0.5) is 5.69 Å². The van der Waals surface area contributed by atoms with Crippen LogP contribution in [-0.4, -0.2) is 25.5 Å². The van der Waals surface area contributed by atoms with E-state index in [-0.39, 0.29) is 0 Å². The molecule has 1 aromatic carbocycles. The Labute approximate surface area is 111 Å². The standard InChI is InChI=1S/C15H14N2O2/c1-10(5-4-8-16-2)11-6-7-13-12(9-11)14(18)15(19)17(13)3/h4-9H,2H2,1,3H3/b8-4-,10-5+. The lowest BCUT2D eigenvalue weighted by Gasteiger charge is -2.09. The summed E-state index contributed by atoms with van der Waals surface area (Å²) in [4.78, 5) is 28.4. The first-order valence-electron chi connectivity index (χ1n) is 5.82. The average Bonchev–Trinajstić information content (AvgIpc) is 2.64. The highest BCUT2D eigenvalue weighted by Crippen LogP contribution is 2.30. The minimum absolute atomic E-state index is 0.449. The fourth-order valence-electron chi connectivity index (χ4n) is 1.98. The predicted molar refractivity (Wildman–Crippen MR) is 76.5 cm³/mol. The second kappa shape index (κ2) is 5.02. The van der Waals surface area contributed by atoms with Crippen LogP contribution in [0.25, 0.3) is 5.57 Å². The molecule has 1 heterocycles. The molecule has 0 unspecified atom stereocenters. The molecule has 2 rings (SSSR count). The Bertz CT molecular complexity index is 627. The van der Waals surface area contributed by atoms with Crippen LogP contribution in [0.15, 0.2) is 41.5 Å². The molecule has 0 radical (unpaired) electrons. The third-order valence-electron chi connectivity index (χ3n) is 3.09. The summed E-state index contributed by atoms with van der Waals surface area (Å²) in [6, 6.07) is 5.43. The minimum Gasteiger partial charge on any atom is -0.308 e. The molecule has 1 amide bonds. The third-order valence-corrected chi connectivity index (χ3v) is 3.09. The van der Waals surface area contributed by atoms with Crippen molar-refractivity contribution in [3.05, 3.63) is 47.7 Å². The maximum Gasteiger partial charge on any atom is 0.299 e. The van der Waals surface area contributed by atoms with E-state index in [9.17, 15) is 9.59 Å². The Hall–Kier alpha value is -2.49. The zero-order valence-corrected chi connectivity index (χ0v) is 10.9. The molecule has 0 fully saturated rings. The van der Waals surface area contributed by atoms with E-state index >= 15 is 0 Å². The van der Waals surface area contributed by atoms with Gasteiger partial charge >= 0.3 is 0 Å². The lowest BCUT2D eigenvalue weighted by atomic mass is 10.0. The summed E-state index contributed by atoms with van der Waals surface area (Å²) >= 11 is 0. The van der Waals surface area contributed by atoms with Gasteiger partial charge in [0.1, 0.15) is 0 Å². The van der Waals surface area contributed by atoms with Crippen molar-refractivity contribution in [1.82, 2.24) is 0 Å². The molecular formula is C15H14N2O2. The van der Waals surface area contributed by atoms with E-state index < -0.39 is 11.7 Å². The number of aliphatic imine (C=N–C) groups is 1. The summed E-state index contributed by atoms with van der Waals surface area (Å²) in [7, 11) is 1.60. The monoisotopic (exact) mass is 254 g/mol. The predicted octanol–water partition coefficient (Wildman–Crippen LogP) is 2.46. The van der Waals surface area contributed by atoms with E-state index in [1.807, 2.05) is 19.1 Å². The van der Waals surface area contributed by atoms with Crippen molar-refractivity contribution in [2.75, 3.05) is 11.9 Å². The molecule has 0 atom stereocenters. The van der Waals surface area contributed by atoms with E-state index in [2.05, 4.69) is 11.7 Å². The van der Waals surface area contributed by atoms with Gasteiger partial charge in [-0.05, 0) is 43.0 Å². The van der Waals surface area contributed by atoms with Gasteiger partial charge in [0.15, 0.2) is 0 Å². The number of Topliss-reactive ketones (excluding diaryl/α,β-unsaturated/α-hetero) is 1. The Morgan fingerprint density at radius 3 is 2.79 bits per heavy atom. The molecular weight excluding hydrogens is 240 g/mol. The van der Waals surface area contributed by atoms with Gasteiger partial charge in [0.05, 0.1) is 11.3 Å². The summed E-state index contributed by atoms with van der Waals surface area (Å²) in [6.45, 7) is 5.28. The molecule has 0 N–H and O–H groups in total. The molecule has 0 aromatic heterocycles. The first-order chi connectivity index (χ1) is 9.06. The Balaban J connectivity index is 2.41. The topological polar surface area (TPSA) is 49.7 Å². The average molecular weight is 254 g/mol. The second-order valence-electron chi connectivity index (χ2n) is 4.30. The van der Waals surface area contributed by atoms with Crippen molar-refractivity contribution >= 4 is 29.7 Å². The molecule has 0 aliphatic carbocycles. The molecule has 4 heteroatoms. The Kier molecular flexibility index (Phi) is 3.42. The van der Waals surface area contributed by atoms with Crippen molar-refractivity contribution in [2.45, 2.75) is 6.92 Å². The minimum atomic E-state index is -0.482. The normalized spacial score (nSPS) is 15.3. The zero-order chi connectivity index (χ0) is 14.0. The number of fused-ring (bicyclic) bond motifs is 1. The summed E-state index contributed by atoms with van der Waals surface area (Å²) in [5, 5.41) is 0. The van der Waals surface area contributed by atoms with Crippen molar-refractivity contribution in [1.29, 1.82) is 0 Å². The molecule has 96 valence electrons. The van der Waals surface area contributed by atoms with Crippen molar-refractivity contribution in [2.24, 2.45) is 4.99 Å². The zero-order valence-electron chi connectivity index (χ0n) is 10.9. The van der Waals surface area contributed by atoms with Crippen LogP contribution >= 0.6 is 0 Å². The number of carbonyl (C=O) groups is 2. The van der Waals surface area contributed by atoms with Crippen LogP contribution in [-0.2, 0) is 4.79 Å².